The first-order chi connectivity index (χ1) is 6.47. The van der Waals surface area contributed by atoms with Crippen LogP contribution in [0.25, 0.3) is 0 Å². The Balaban J connectivity index is 2.60. The van der Waals surface area contributed by atoms with Crippen LogP contribution in [0.3, 0.4) is 0 Å². The third-order valence-corrected chi connectivity index (χ3v) is 2.73. The van der Waals surface area contributed by atoms with E-state index in [2.05, 4.69) is 4.74 Å². The maximum absolute atomic E-state index is 13.1. The van der Waals surface area contributed by atoms with Crippen LogP contribution in [0.2, 0.25) is 0 Å². The van der Waals surface area contributed by atoms with Crippen molar-refractivity contribution in [2.45, 2.75) is 37.6 Å². The molecule has 0 aromatic heterocycles. The van der Waals surface area contributed by atoms with Gasteiger partial charge in [-0.3, -0.25) is 4.79 Å². The van der Waals surface area contributed by atoms with Gasteiger partial charge in [-0.25, -0.2) is 8.78 Å². The van der Waals surface area contributed by atoms with E-state index in [9.17, 15) is 13.6 Å². The average molecular weight is 207 g/mol. The van der Waals surface area contributed by atoms with Gasteiger partial charge in [-0.05, 0) is 19.3 Å². The quantitative estimate of drug-likeness (QED) is 0.521. The zero-order valence-electron chi connectivity index (χ0n) is 8.13. The van der Waals surface area contributed by atoms with Crippen LogP contribution in [0, 0.1) is 5.92 Å². The number of esters is 1. The summed E-state index contributed by atoms with van der Waals surface area (Å²) in [5, 5.41) is 0. The van der Waals surface area contributed by atoms with Crippen molar-refractivity contribution >= 4 is 5.97 Å². The topological polar surface area (TPSA) is 52.3 Å². The number of hydrogen-bond acceptors (Lipinski definition) is 3. The molecule has 0 bridgehead atoms. The fourth-order valence-electron chi connectivity index (χ4n) is 1.69. The van der Waals surface area contributed by atoms with Gasteiger partial charge in [0.2, 0.25) is 0 Å². The number of nitrogens with two attached hydrogens (primary N) is 1. The fraction of sp³-hybridized carbons (Fsp3) is 0.889. The summed E-state index contributed by atoms with van der Waals surface area (Å²) in [6.07, 6.45) is 0.400. The molecule has 0 aromatic rings. The Bertz CT molecular complexity index is 221. The minimum absolute atomic E-state index is 0.160. The summed E-state index contributed by atoms with van der Waals surface area (Å²) < 4.78 is 30.8. The van der Waals surface area contributed by atoms with E-state index in [0.717, 1.165) is 0 Å². The van der Waals surface area contributed by atoms with Crippen molar-refractivity contribution in [1.82, 2.24) is 0 Å². The second kappa shape index (κ2) is 4.21. The Kier molecular flexibility index (Phi) is 3.42. The molecule has 0 saturated heterocycles. The Morgan fingerprint density at radius 2 is 2.07 bits per heavy atom. The number of carbonyl (C=O) groups excluding carboxylic acids is 1. The summed E-state index contributed by atoms with van der Waals surface area (Å²) >= 11 is 0. The third-order valence-electron chi connectivity index (χ3n) is 2.73. The van der Waals surface area contributed by atoms with Crippen LogP contribution in [0.1, 0.15) is 25.7 Å². The number of halogens is 2. The van der Waals surface area contributed by atoms with Gasteiger partial charge in [0, 0.05) is 6.42 Å². The van der Waals surface area contributed by atoms with Gasteiger partial charge in [-0.1, -0.05) is 0 Å². The van der Waals surface area contributed by atoms with Gasteiger partial charge in [0.05, 0.1) is 19.1 Å². The molecule has 2 N–H and O–H groups in total. The SMILES string of the molecule is COC(=O)[C@@H]1CC[C@@H](N)C(F)(F)CC1. The van der Waals surface area contributed by atoms with Gasteiger partial charge >= 0.3 is 5.97 Å². The van der Waals surface area contributed by atoms with Gasteiger partial charge in [-0.2, -0.15) is 0 Å². The first-order valence-electron chi connectivity index (χ1n) is 4.68. The summed E-state index contributed by atoms with van der Waals surface area (Å²) in [5.41, 5.74) is 5.31. The molecule has 1 aliphatic carbocycles. The Hall–Kier alpha value is -0.710. The third kappa shape index (κ3) is 2.41. The van der Waals surface area contributed by atoms with Crippen molar-refractivity contribution in [3.05, 3.63) is 0 Å². The van der Waals surface area contributed by atoms with E-state index in [1.54, 1.807) is 0 Å². The summed E-state index contributed by atoms with van der Waals surface area (Å²) in [7, 11) is 1.27. The van der Waals surface area contributed by atoms with Crippen molar-refractivity contribution in [2.24, 2.45) is 11.7 Å². The van der Waals surface area contributed by atoms with E-state index in [4.69, 9.17) is 5.73 Å². The molecule has 1 aliphatic rings. The highest BCUT2D eigenvalue weighted by Crippen LogP contribution is 2.34. The molecule has 14 heavy (non-hydrogen) atoms. The predicted octanol–water partition coefficient (Wildman–Crippen LogP) is 1.31. The second-order valence-electron chi connectivity index (χ2n) is 3.70. The van der Waals surface area contributed by atoms with Gasteiger partial charge in [0.15, 0.2) is 0 Å². The predicted molar refractivity (Wildman–Crippen MR) is 46.9 cm³/mol. The zero-order chi connectivity index (χ0) is 10.8. The van der Waals surface area contributed by atoms with Crippen LogP contribution in [-0.4, -0.2) is 25.0 Å². The van der Waals surface area contributed by atoms with Gasteiger partial charge in [0.1, 0.15) is 0 Å². The highest BCUT2D eigenvalue weighted by Gasteiger charge is 2.41. The largest absolute Gasteiger partial charge is 0.469 e. The molecule has 1 rings (SSSR count). The Morgan fingerprint density at radius 3 is 2.64 bits per heavy atom. The number of rotatable bonds is 1. The lowest BCUT2D eigenvalue weighted by Gasteiger charge is -2.19. The molecule has 0 heterocycles. The molecule has 82 valence electrons. The minimum Gasteiger partial charge on any atom is -0.469 e. The molecule has 0 spiro atoms. The molecule has 0 aromatic carbocycles. The number of carbonyl (C=O) groups is 1. The monoisotopic (exact) mass is 207 g/mol. The Morgan fingerprint density at radius 1 is 1.43 bits per heavy atom. The molecule has 2 atom stereocenters. The standard InChI is InChI=1S/C9H15F2NO2/c1-14-8(13)6-2-3-7(12)9(10,11)5-4-6/h6-7H,2-5,12H2,1H3/t6-,7-/m1/s1. The van der Waals surface area contributed by atoms with Crippen LogP contribution in [0.15, 0.2) is 0 Å². The van der Waals surface area contributed by atoms with E-state index in [-0.39, 0.29) is 19.3 Å². The molecule has 5 heteroatoms. The van der Waals surface area contributed by atoms with Crippen molar-refractivity contribution in [1.29, 1.82) is 0 Å². The zero-order valence-corrected chi connectivity index (χ0v) is 8.13. The lowest BCUT2D eigenvalue weighted by atomic mass is 10.0. The lowest BCUT2D eigenvalue weighted by molar-refractivity contribution is -0.146. The first kappa shape index (κ1) is 11.4. The fourth-order valence-corrected chi connectivity index (χ4v) is 1.69. The molecule has 1 fully saturated rings. The van der Waals surface area contributed by atoms with Crippen LogP contribution >= 0.6 is 0 Å². The van der Waals surface area contributed by atoms with Crippen LogP contribution in [0.5, 0.6) is 0 Å². The maximum atomic E-state index is 13.1. The molecule has 0 unspecified atom stereocenters. The van der Waals surface area contributed by atoms with Crippen molar-refractivity contribution in [3.63, 3.8) is 0 Å². The van der Waals surface area contributed by atoms with Crippen molar-refractivity contribution in [3.8, 4) is 0 Å². The average Bonchev–Trinajstić information content (AvgIpc) is 2.27. The molecule has 0 aliphatic heterocycles. The number of hydrogen-bond donors (Lipinski definition) is 1. The van der Waals surface area contributed by atoms with Gasteiger partial charge in [0.25, 0.3) is 5.92 Å². The van der Waals surface area contributed by atoms with E-state index >= 15 is 0 Å². The normalized spacial score (nSPS) is 32.0. The van der Waals surface area contributed by atoms with Crippen molar-refractivity contribution < 1.29 is 18.3 Å². The van der Waals surface area contributed by atoms with Crippen LogP contribution < -0.4 is 5.73 Å². The number of alkyl halides is 2. The van der Waals surface area contributed by atoms with Gasteiger partial charge < -0.3 is 10.5 Å². The summed E-state index contributed by atoms with van der Waals surface area (Å²) in [5.74, 6) is -3.67. The van der Waals surface area contributed by atoms with Crippen LogP contribution in [-0.2, 0) is 9.53 Å². The molecule has 1 saturated carbocycles. The summed E-state index contributed by atoms with van der Waals surface area (Å²) in [6.45, 7) is 0. The van der Waals surface area contributed by atoms with E-state index in [0.29, 0.717) is 6.42 Å². The first-order valence-corrected chi connectivity index (χ1v) is 4.68. The molecule has 0 amide bonds. The van der Waals surface area contributed by atoms with Crippen LogP contribution in [0.4, 0.5) is 8.78 Å². The van der Waals surface area contributed by atoms with Gasteiger partial charge in [-0.15, -0.1) is 0 Å². The highest BCUT2D eigenvalue weighted by molar-refractivity contribution is 5.72. The van der Waals surface area contributed by atoms with E-state index in [1.807, 2.05) is 0 Å². The molecule has 3 nitrogen and oxygen atoms in total. The second-order valence-corrected chi connectivity index (χ2v) is 3.70. The highest BCUT2D eigenvalue weighted by atomic mass is 19.3. The maximum Gasteiger partial charge on any atom is 0.308 e. The van der Waals surface area contributed by atoms with Crippen molar-refractivity contribution in [2.75, 3.05) is 7.11 Å². The smallest absolute Gasteiger partial charge is 0.308 e. The molecular formula is C9H15F2NO2. The Labute approximate surface area is 81.6 Å². The molecule has 0 radical (unpaired) electrons. The minimum atomic E-state index is -2.84. The number of ether oxygens (including phenoxy) is 1. The summed E-state index contributed by atoms with van der Waals surface area (Å²) in [4.78, 5) is 11.1. The van der Waals surface area contributed by atoms with E-state index in [1.165, 1.54) is 7.11 Å². The van der Waals surface area contributed by atoms with E-state index < -0.39 is 23.9 Å². The lowest BCUT2D eigenvalue weighted by Crippen LogP contribution is -2.39. The molecular weight excluding hydrogens is 192 g/mol. The number of methoxy groups -OCH3 is 1. The summed E-state index contributed by atoms with van der Waals surface area (Å²) in [6, 6.07) is -1.13.